The number of thioether (sulfide) groups is 1. The molecule has 2 aliphatic heterocycles. The Balaban J connectivity index is 1.71. The highest BCUT2D eigenvalue weighted by Gasteiger charge is 2.27. The molecule has 1 unspecified atom stereocenters. The average molecular weight is 362 g/mol. The summed E-state index contributed by atoms with van der Waals surface area (Å²) in [5.41, 5.74) is 0.607. The van der Waals surface area contributed by atoms with Crippen LogP contribution in [0, 0.1) is 0 Å². The summed E-state index contributed by atoms with van der Waals surface area (Å²) in [5.74, 6) is 0.158. The van der Waals surface area contributed by atoms with Crippen molar-refractivity contribution in [3.05, 3.63) is 23.9 Å². The fraction of sp³-hybridized carbons (Fsp3) is 0.611. The van der Waals surface area contributed by atoms with Crippen LogP contribution in [-0.4, -0.2) is 71.1 Å². The molecule has 136 valence electrons. The summed E-state index contributed by atoms with van der Waals surface area (Å²) in [6.07, 6.45) is 4.81. The van der Waals surface area contributed by atoms with Gasteiger partial charge in [-0.15, -0.1) is 0 Å². The van der Waals surface area contributed by atoms with E-state index in [9.17, 15) is 9.59 Å². The van der Waals surface area contributed by atoms with E-state index >= 15 is 0 Å². The van der Waals surface area contributed by atoms with Crippen LogP contribution >= 0.6 is 11.8 Å². The summed E-state index contributed by atoms with van der Waals surface area (Å²) in [6.45, 7) is 6.83. The van der Waals surface area contributed by atoms with E-state index in [4.69, 9.17) is 0 Å². The van der Waals surface area contributed by atoms with Gasteiger partial charge in [0.15, 0.2) is 0 Å². The minimum absolute atomic E-state index is 0.0140. The molecule has 1 N–H and O–H groups in total. The second-order valence-corrected chi connectivity index (χ2v) is 7.87. The predicted octanol–water partition coefficient (Wildman–Crippen LogP) is 1.62. The quantitative estimate of drug-likeness (QED) is 0.825. The Kier molecular flexibility index (Phi) is 6.31. The molecule has 0 radical (unpaired) electrons. The number of likely N-dealkylation sites (tertiary alicyclic amines) is 1. The lowest BCUT2D eigenvalue weighted by atomic mass is 10.2. The minimum Gasteiger partial charge on any atom is -0.342 e. The van der Waals surface area contributed by atoms with Gasteiger partial charge in [0.05, 0.1) is 10.8 Å². The Hall–Kier alpha value is -1.60. The van der Waals surface area contributed by atoms with Crippen molar-refractivity contribution in [1.82, 2.24) is 20.1 Å². The van der Waals surface area contributed by atoms with E-state index in [2.05, 4.69) is 10.3 Å². The molecule has 0 bridgehead atoms. The summed E-state index contributed by atoms with van der Waals surface area (Å²) < 4.78 is 0. The molecule has 0 aliphatic carbocycles. The zero-order valence-electron chi connectivity index (χ0n) is 14.7. The number of pyridine rings is 1. The van der Waals surface area contributed by atoms with E-state index in [1.807, 2.05) is 22.8 Å². The normalized spacial score (nSPS) is 19.6. The summed E-state index contributed by atoms with van der Waals surface area (Å²) >= 11 is 1.40. The van der Waals surface area contributed by atoms with E-state index in [1.165, 1.54) is 11.8 Å². The Morgan fingerprint density at radius 2 is 1.88 bits per heavy atom. The van der Waals surface area contributed by atoms with Crippen molar-refractivity contribution in [2.45, 2.75) is 36.5 Å². The summed E-state index contributed by atoms with van der Waals surface area (Å²) in [6, 6.07) is 3.61. The molecule has 7 heteroatoms. The molecule has 0 saturated carbocycles. The molecule has 0 aromatic carbocycles. The van der Waals surface area contributed by atoms with Gasteiger partial charge in [-0.05, 0) is 44.9 Å². The third-order valence-electron chi connectivity index (χ3n) is 4.68. The Bertz CT molecular complexity index is 611. The molecule has 25 heavy (non-hydrogen) atoms. The highest BCUT2D eigenvalue weighted by molar-refractivity contribution is 8.00. The molecule has 1 aromatic heterocycles. The van der Waals surface area contributed by atoms with Gasteiger partial charge in [0.1, 0.15) is 5.03 Å². The number of aromatic nitrogens is 1. The zero-order chi connectivity index (χ0) is 17.6. The van der Waals surface area contributed by atoms with Crippen LogP contribution in [0.3, 0.4) is 0 Å². The molecule has 1 aromatic rings. The fourth-order valence-corrected chi connectivity index (χ4v) is 4.27. The first-order valence-corrected chi connectivity index (χ1v) is 9.95. The van der Waals surface area contributed by atoms with Gasteiger partial charge < -0.3 is 15.1 Å². The van der Waals surface area contributed by atoms with E-state index in [0.29, 0.717) is 17.1 Å². The van der Waals surface area contributed by atoms with Gasteiger partial charge in [-0.25, -0.2) is 4.98 Å². The Labute approximate surface area is 153 Å². The van der Waals surface area contributed by atoms with Gasteiger partial charge in [0, 0.05) is 38.9 Å². The van der Waals surface area contributed by atoms with Crippen molar-refractivity contribution >= 4 is 23.6 Å². The van der Waals surface area contributed by atoms with Crippen molar-refractivity contribution in [2.75, 3.05) is 39.3 Å². The average Bonchev–Trinajstić information content (AvgIpc) is 3.03. The van der Waals surface area contributed by atoms with Crippen molar-refractivity contribution < 1.29 is 9.59 Å². The topological polar surface area (TPSA) is 65.5 Å². The first-order valence-electron chi connectivity index (χ1n) is 9.07. The molecule has 2 fully saturated rings. The predicted molar refractivity (Wildman–Crippen MR) is 98.8 cm³/mol. The fourth-order valence-electron chi connectivity index (χ4n) is 3.28. The van der Waals surface area contributed by atoms with Crippen molar-refractivity contribution in [2.24, 2.45) is 0 Å². The van der Waals surface area contributed by atoms with E-state index in [1.54, 1.807) is 12.3 Å². The van der Waals surface area contributed by atoms with Gasteiger partial charge >= 0.3 is 0 Å². The number of rotatable bonds is 4. The van der Waals surface area contributed by atoms with Gasteiger partial charge in [-0.1, -0.05) is 11.8 Å². The lowest BCUT2D eigenvalue weighted by molar-refractivity contribution is -0.129. The molecular weight excluding hydrogens is 336 g/mol. The minimum atomic E-state index is -0.231. The van der Waals surface area contributed by atoms with E-state index in [-0.39, 0.29) is 17.1 Å². The van der Waals surface area contributed by atoms with Crippen LogP contribution in [0.2, 0.25) is 0 Å². The molecule has 2 saturated heterocycles. The molecule has 3 heterocycles. The number of amides is 2. The van der Waals surface area contributed by atoms with Gasteiger partial charge in [-0.2, -0.15) is 0 Å². The highest BCUT2D eigenvalue weighted by atomic mass is 32.2. The first-order chi connectivity index (χ1) is 12.2. The second kappa shape index (κ2) is 8.67. The molecule has 1 atom stereocenters. The van der Waals surface area contributed by atoms with Gasteiger partial charge in [-0.3, -0.25) is 9.59 Å². The standard InChI is InChI=1S/C18H26N4O2S/c1-14(17(23)21-10-2-3-11-21)25-16-15(6-4-8-20-16)18(24)22-12-5-7-19-9-13-22/h4,6,8,14,19H,2-3,5,7,9-13H2,1H3. The number of nitrogens with one attached hydrogen (secondary N) is 1. The lowest BCUT2D eigenvalue weighted by Crippen LogP contribution is -2.35. The number of hydrogen-bond acceptors (Lipinski definition) is 5. The smallest absolute Gasteiger partial charge is 0.256 e. The van der Waals surface area contributed by atoms with Crippen molar-refractivity contribution in [3.8, 4) is 0 Å². The van der Waals surface area contributed by atoms with E-state index in [0.717, 1.165) is 52.0 Å². The molecule has 6 nitrogen and oxygen atoms in total. The molecule has 2 aliphatic rings. The van der Waals surface area contributed by atoms with Crippen LogP contribution in [0.15, 0.2) is 23.4 Å². The zero-order valence-corrected chi connectivity index (χ0v) is 15.6. The molecule has 2 amide bonds. The molecule has 0 spiro atoms. The third kappa shape index (κ3) is 4.52. The van der Waals surface area contributed by atoms with Crippen LogP contribution < -0.4 is 5.32 Å². The number of carbonyl (C=O) groups excluding carboxylic acids is 2. The largest absolute Gasteiger partial charge is 0.342 e. The SMILES string of the molecule is CC(Sc1ncccc1C(=O)N1CCCNCC1)C(=O)N1CCCC1. The maximum absolute atomic E-state index is 12.9. The van der Waals surface area contributed by atoms with Gasteiger partial charge in [0.25, 0.3) is 5.91 Å². The lowest BCUT2D eigenvalue weighted by Gasteiger charge is -2.23. The Morgan fingerprint density at radius 3 is 2.68 bits per heavy atom. The maximum Gasteiger partial charge on any atom is 0.256 e. The molecule has 3 rings (SSSR count). The van der Waals surface area contributed by atoms with Crippen LogP contribution in [0.4, 0.5) is 0 Å². The van der Waals surface area contributed by atoms with Crippen LogP contribution in [0.25, 0.3) is 0 Å². The molecular formula is C18H26N4O2S. The maximum atomic E-state index is 12.9. The third-order valence-corrected chi connectivity index (χ3v) is 5.79. The summed E-state index contributed by atoms with van der Waals surface area (Å²) in [7, 11) is 0. The monoisotopic (exact) mass is 362 g/mol. The number of nitrogens with zero attached hydrogens (tertiary/aromatic N) is 3. The Morgan fingerprint density at radius 1 is 1.12 bits per heavy atom. The van der Waals surface area contributed by atoms with Crippen molar-refractivity contribution in [3.63, 3.8) is 0 Å². The summed E-state index contributed by atoms with van der Waals surface area (Å²) in [5, 5.41) is 3.74. The summed E-state index contributed by atoms with van der Waals surface area (Å²) in [4.78, 5) is 33.7. The van der Waals surface area contributed by atoms with E-state index < -0.39 is 0 Å². The van der Waals surface area contributed by atoms with Crippen molar-refractivity contribution in [1.29, 1.82) is 0 Å². The number of hydrogen-bond donors (Lipinski definition) is 1. The van der Waals surface area contributed by atoms with Crippen LogP contribution in [0.1, 0.15) is 36.5 Å². The second-order valence-electron chi connectivity index (χ2n) is 6.54. The number of carbonyl (C=O) groups is 2. The van der Waals surface area contributed by atoms with Gasteiger partial charge in [0.2, 0.25) is 5.91 Å². The first kappa shape index (κ1) is 18.2. The highest BCUT2D eigenvalue weighted by Crippen LogP contribution is 2.27. The van der Waals surface area contributed by atoms with Crippen LogP contribution in [-0.2, 0) is 4.79 Å². The van der Waals surface area contributed by atoms with Crippen LogP contribution in [0.5, 0.6) is 0 Å².